The summed E-state index contributed by atoms with van der Waals surface area (Å²) >= 11 is 6.99. The van der Waals surface area contributed by atoms with Crippen molar-refractivity contribution < 1.29 is 9.59 Å². The monoisotopic (exact) mass is 596 g/mol. The minimum Gasteiger partial charge on any atom is -0.275 e. The number of carbonyl (C=O) groups excluding carboxylic acids is 2. The van der Waals surface area contributed by atoms with E-state index in [4.69, 9.17) is 0 Å². The number of rotatable bonds is 4. The minimum absolute atomic E-state index is 0.223. The van der Waals surface area contributed by atoms with Crippen LogP contribution in [0.4, 0.5) is 11.4 Å². The number of fused-ring (bicyclic) bond motifs is 1. The van der Waals surface area contributed by atoms with Crippen LogP contribution in [0.3, 0.4) is 0 Å². The molecule has 0 N–H and O–H groups in total. The number of nitrogens with zero attached hydrogens (tertiary/aromatic N) is 2. The van der Waals surface area contributed by atoms with Crippen molar-refractivity contribution in [2.45, 2.75) is 0 Å². The summed E-state index contributed by atoms with van der Waals surface area (Å²) in [7, 11) is 0. The van der Waals surface area contributed by atoms with Gasteiger partial charge >= 0.3 is 0 Å². The van der Waals surface area contributed by atoms with E-state index in [9.17, 15) is 9.59 Å². The molecule has 0 aromatic heterocycles. The van der Waals surface area contributed by atoms with E-state index in [-0.39, 0.29) is 11.8 Å². The SMILES string of the molecule is O=C1C2=C(c3ccc(Br)cc3)N(c3ccccc3)C(=O)C2=C(c2ccc(Br)cc2)N1c1ccccc1. The fourth-order valence-corrected chi connectivity index (χ4v) is 5.24. The highest BCUT2D eigenvalue weighted by Crippen LogP contribution is 2.49. The molecule has 0 saturated heterocycles. The number of carbonyl (C=O) groups is 2. The van der Waals surface area contributed by atoms with Crippen LogP contribution in [-0.4, -0.2) is 11.8 Å². The molecule has 174 valence electrons. The lowest BCUT2D eigenvalue weighted by atomic mass is 10.0. The second-order valence-electron chi connectivity index (χ2n) is 8.41. The second kappa shape index (κ2) is 9.04. The molecule has 0 spiro atoms. The van der Waals surface area contributed by atoms with Gasteiger partial charge in [-0.25, -0.2) is 0 Å². The van der Waals surface area contributed by atoms with Crippen LogP contribution in [0.15, 0.2) is 129 Å². The Balaban J connectivity index is 1.68. The van der Waals surface area contributed by atoms with Crippen LogP contribution < -0.4 is 9.80 Å². The first-order valence-electron chi connectivity index (χ1n) is 11.3. The van der Waals surface area contributed by atoms with Crippen LogP contribution in [0, 0.1) is 0 Å². The quantitative estimate of drug-likeness (QED) is 0.245. The molecule has 0 bridgehead atoms. The molecule has 0 saturated carbocycles. The maximum atomic E-state index is 14.2. The lowest BCUT2D eigenvalue weighted by molar-refractivity contribution is -0.115. The molecule has 0 unspecified atom stereocenters. The molecule has 4 aromatic rings. The van der Waals surface area contributed by atoms with Gasteiger partial charge in [0.2, 0.25) is 0 Å². The van der Waals surface area contributed by atoms with Crippen molar-refractivity contribution in [3.63, 3.8) is 0 Å². The molecular weight excluding hydrogens is 580 g/mol. The molecule has 6 heteroatoms. The second-order valence-corrected chi connectivity index (χ2v) is 10.2. The van der Waals surface area contributed by atoms with Gasteiger partial charge in [-0.3, -0.25) is 19.4 Å². The smallest absolute Gasteiger partial charge is 0.265 e. The van der Waals surface area contributed by atoms with E-state index in [1.54, 1.807) is 9.80 Å². The molecule has 4 aromatic carbocycles. The molecule has 0 atom stereocenters. The summed E-state index contributed by atoms with van der Waals surface area (Å²) in [5.41, 5.74) is 5.00. The number of para-hydroxylation sites is 2. The maximum absolute atomic E-state index is 14.2. The van der Waals surface area contributed by atoms with Crippen LogP contribution in [0.2, 0.25) is 0 Å². The Kier molecular flexibility index (Phi) is 5.70. The topological polar surface area (TPSA) is 40.6 Å². The van der Waals surface area contributed by atoms with Crippen LogP contribution in [0.1, 0.15) is 11.1 Å². The van der Waals surface area contributed by atoms with E-state index in [0.29, 0.717) is 33.9 Å². The van der Waals surface area contributed by atoms with Gasteiger partial charge in [0, 0.05) is 20.3 Å². The lowest BCUT2D eigenvalue weighted by Crippen LogP contribution is -2.29. The van der Waals surface area contributed by atoms with Crippen LogP contribution >= 0.6 is 31.9 Å². The number of anilines is 2. The summed E-state index contributed by atoms with van der Waals surface area (Å²) in [4.78, 5) is 31.8. The highest BCUT2D eigenvalue weighted by Gasteiger charge is 2.49. The zero-order valence-corrected chi connectivity index (χ0v) is 22.0. The number of benzene rings is 4. The van der Waals surface area contributed by atoms with Crippen molar-refractivity contribution in [3.05, 3.63) is 140 Å². The molecule has 2 aliphatic rings. The van der Waals surface area contributed by atoms with Gasteiger partial charge in [-0.15, -0.1) is 0 Å². The largest absolute Gasteiger partial charge is 0.275 e. The molecule has 0 radical (unpaired) electrons. The normalized spacial score (nSPS) is 15.3. The molecule has 2 amide bonds. The van der Waals surface area contributed by atoms with Gasteiger partial charge in [-0.2, -0.15) is 0 Å². The van der Waals surface area contributed by atoms with Crippen molar-refractivity contribution in [2.75, 3.05) is 9.80 Å². The average Bonchev–Trinajstić information content (AvgIpc) is 3.38. The van der Waals surface area contributed by atoms with Gasteiger partial charge in [0.05, 0.1) is 22.5 Å². The van der Waals surface area contributed by atoms with Crippen molar-refractivity contribution >= 4 is 66.4 Å². The predicted octanol–water partition coefficient (Wildman–Crippen LogP) is 7.43. The number of hydrogen-bond acceptors (Lipinski definition) is 2. The minimum atomic E-state index is -0.223. The molecule has 4 nitrogen and oxygen atoms in total. The van der Waals surface area contributed by atoms with Gasteiger partial charge in [0.25, 0.3) is 11.8 Å². The summed E-state index contributed by atoms with van der Waals surface area (Å²) in [6, 6.07) is 34.3. The Morgan fingerprint density at radius 3 is 1.11 bits per heavy atom. The molecule has 6 rings (SSSR count). The van der Waals surface area contributed by atoms with Crippen LogP contribution in [0.5, 0.6) is 0 Å². The first-order valence-corrected chi connectivity index (χ1v) is 12.9. The Bertz CT molecular complexity index is 1440. The Morgan fingerprint density at radius 2 is 0.778 bits per heavy atom. The summed E-state index contributed by atoms with van der Waals surface area (Å²) in [6.45, 7) is 0. The molecule has 2 aliphatic heterocycles. The van der Waals surface area contributed by atoms with E-state index in [0.717, 1.165) is 20.1 Å². The standard InChI is InChI=1S/C30H18Br2N2O2/c31-21-15-11-19(12-16-21)27-25-26(29(35)33(27)23-7-3-1-4-8-23)28(20-13-17-22(32)18-14-20)34(30(25)36)24-9-5-2-6-10-24/h1-18H. The molecule has 0 aliphatic carbocycles. The summed E-state index contributed by atoms with van der Waals surface area (Å²) in [5, 5.41) is 0. The highest BCUT2D eigenvalue weighted by atomic mass is 79.9. The molecule has 0 fully saturated rings. The van der Waals surface area contributed by atoms with E-state index in [2.05, 4.69) is 31.9 Å². The number of amides is 2. The zero-order chi connectivity index (χ0) is 24.8. The van der Waals surface area contributed by atoms with Gasteiger partial charge in [0.1, 0.15) is 0 Å². The van der Waals surface area contributed by atoms with E-state index >= 15 is 0 Å². The Hall–Kier alpha value is -3.74. The predicted molar refractivity (Wildman–Crippen MR) is 150 cm³/mol. The summed E-state index contributed by atoms with van der Waals surface area (Å²) in [6.07, 6.45) is 0. The van der Waals surface area contributed by atoms with Crippen molar-refractivity contribution in [1.82, 2.24) is 0 Å². The Labute approximate surface area is 225 Å². The number of halogens is 2. The van der Waals surface area contributed by atoms with Gasteiger partial charge in [-0.05, 0) is 59.7 Å². The third-order valence-electron chi connectivity index (χ3n) is 6.27. The van der Waals surface area contributed by atoms with Gasteiger partial charge < -0.3 is 0 Å². The first kappa shape index (κ1) is 22.7. The fraction of sp³-hybridized carbons (Fsp3) is 0. The summed E-state index contributed by atoms with van der Waals surface area (Å²) < 4.78 is 1.84. The van der Waals surface area contributed by atoms with Gasteiger partial charge in [0.15, 0.2) is 0 Å². The van der Waals surface area contributed by atoms with Gasteiger partial charge in [-0.1, -0.05) is 92.5 Å². The van der Waals surface area contributed by atoms with Crippen molar-refractivity contribution in [1.29, 1.82) is 0 Å². The molecule has 36 heavy (non-hydrogen) atoms. The van der Waals surface area contributed by atoms with Crippen LogP contribution in [0.25, 0.3) is 11.4 Å². The molecule has 2 heterocycles. The van der Waals surface area contributed by atoms with E-state index in [1.165, 1.54) is 0 Å². The Morgan fingerprint density at radius 1 is 0.444 bits per heavy atom. The lowest BCUT2D eigenvalue weighted by Gasteiger charge is -2.25. The molecular formula is C30H18Br2N2O2. The average molecular weight is 598 g/mol. The third kappa shape index (κ3) is 3.65. The summed E-state index contributed by atoms with van der Waals surface area (Å²) in [5.74, 6) is -0.447. The third-order valence-corrected chi connectivity index (χ3v) is 7.33. The highest BCUT2D eigenvalue weighted by molar-refractivity contribution is 9.10. The van der Waals surface area contributed by atoms with Crippen LogP contribution in [-0.2, 0) is 9.59 Å². The van der Waals surface area contributed by atoms with Crippen molar-refractivity contribution in [3.8, 4) is 0 Å². The fourth-order valence-electron chi connectivity index (χ4n) is 4.71. The maximum Gasteiger partial charge on any atom is 0.265 e. The number of hydrogen-bond donors (Lipinski definition) is 0. The zero-order valence-electron chi connectivity index (χ0n) is 18.9. The first-order chi connectivity index (χ1) is 17.5. The van der Waals surface area contributed by atoms with Crippen molar-refractivity contribution in [2.24, 2.45) is 0 Å². The van der Waals surface area contributed by atoms with E-state index < -0.39 is 0 Å². The van der Waals surface area contributed by atoms with E-state index in [1.807, 2.05) is 109 Å².